The number of hydrogen-bond acceptors (Lipinski definition) is 7. The van der Waals surface area contributed by atoms with Gasteiger partial charge >= 0.3 is 0 Å². The normalized spacial score (nSPS) is 13.3. The second kappa shape index (κ2) is 11.1. The Morgan fingerprint density at radius 1 is 1.13 bits per heavy atom. The summed E-state index contributed by atoms with van der Waals surface area (Å²) < 4.78 is 34.8. The topological polar surface area (TPSA) is 91.5 Å². The average Bonchev–Trinajstić information content (AvgIpc) is 3.32. The summed E-state index contributed by atoms with van der Waals surface area (Å²) in [6.07, 6.45) is 1.49. The van der Waals surface area contributed by atoms with Crippen LogP contribution in [0, 0.1) is 11.6 Å². The summed E-state index contributed by atoms with van der Waals surface area (Å²) in [4.78, 5) is 18.6. The van der Waals surface area contributed by atoms with Gasteiger partial charge in [0.25, 0.3) is 5.91 Å². The Labute approximate surface area is 227 Å². The summed E-state index contributed by atoms with van der Waals surface area (Å²) in [5, 5.41) is 19.8. The molecule has 8 nitrogen and oxygen atoms in total. The summed E-state index contributed by atoms with van der Waals surface area (Å²) in [5.41, 5.74) is 3.11. The van der Waals surface area contributed by atoms with Gasteiger partial charge in [0.15, 0.2) is 12.4 Å². The van der Waals surface area contributed by atoms with Crippen molar-refractivity contribution in [3.05, 3.63) is 82.0 Å². The highest BCUT2D eigenvalue weighted by Gasteiger charge is 2.18. The minimum Gasteiger partial charge on any atom is -0.507 e. The third-order valence-corrected chi connectivity index (χ3v) is 6.99. The number of carbonyl (C=O) groups excluding carboxylic acids is 1. The number of phenols is 1. The van der Waals surface area contributed by atoms with Crippen LogP contribution < -0.4 is 19.8 Å². The van der Waals surface area contributed by atoms with E-state index in [0.29, 0.717) is 33.1 Å². The standard InChI is InChI=1S/C28H25F2N5O3S/c1-3-34(4-2)20-8-5-18(25(36)13-20)14-31-35-24(17-6-10-26-23(11-17)32-27(37)15-38-26)16-39-28(35)33-22-9-7-19(29)12-21(22)30/h5-14,16,36H,3-4,15H2,1-2H3,(H,32,37). The molecule has 1 aliphatic rings. The zero-order valence-corrected chi connectivity index (χ0v) is 22.0. The first-order valence-corrected chi connectivity index (χ1v) is 13.1. The molecule has 1 aromatic heterocycles. The van der Waals surface area contributed by atoms with E-state index in [1.807, 2.05) is 26.0 Å². The summed E-state index contributed by atoms with van der Waals surface area (Å²) in [6.45, 7) is 5.62. The van der Waals surface area contributed by atoms with E-state index < -0.39 is 11.6 Å². The minimum atomic E-state index is -0.807. The van der Waals surface area contributed by atoms with Crippen LogP contribution >= 0.6 is 11.3 Å². The second-order valence-electron chi connectivity index (χ2n) is 8.63. The fourth-order valence-electron chi connectivity index (χ4n) is 4.15. The van der Waals surface area contributed by atoms with Crippen molar-refractivity contribution < 1.29 is 23.4 Å². The fraction of sp³-hybridized carbons (Fsp3) is 0.179. The highest BCUT2D eigenvalue weighted by atomic mass is 32.1. The molecule has 0 bridgehead atoms. The Hall–Kier alpha value is -4.51. The van der Waals surface area contributed by atoms with Crippen molar-refractivity contribution in [1.29, 1.82) is 0 Å². The number of phenolic OH excluding ortho intramolecular Hbond substituents is 1. The van der Waals surface area contributed by atoms with Crippen molar-refractivity contribution in [2.45, 2.75) is 13.8 Å². The van der Waals surface area contributed by atoms with Crippen LogP contribution in [0.4, 0.5) is 25.8 Å². The van der Waals surface area contributed by atoms with Gasteiger partial charge in [0, 0.05) is 47.4 Å². The summed E-state index contributed by atoms with van der Waals surface area (Å²) in [7, 11) is 0. The number of thiazole rings is 1. The van der Waals surface area contributed by atoms with Gasteiger partial charge in [0.05, 0.1) is 17.6 Å². The van der Waals surface area contributed by atoms with Crippen LogP contribution in [-0.4, -0.2) is 41.6 Å². The van der Waals surface area contributed by atoms with E-state index in [-0.39, 0.29) is 24.0 Å². The van der Waals surface area contributed by atoms with Gasteiger partial charge in [0.2, 0.25) is 4.80 Å². The molecule has 0 spiro atoms. The molecular formula is C28H25F2N5O3S. The van der Waals surface area contributed by atoms with Crippen LogP contribution in [0.1, 0.15) is 19.4 Å². The Morgan fingerprint density at radius 2 is 1.95 bits per heavy atom. The quantitative estimate of drug-likeness (QED) is 0.298. The van der Waals surface area contributed by atoms with E-state index >= 15 is 0 Å². The number of aromatic nitrogens is 1. The number of amides is 1. The van der Waals surface area contributed by atoms with Gasteiger partial charge in [-0.1, -0.05) is 0 Å². The maximum Gasteiger partial charge on any atom is 0.262 e. The lowest BCUT2D eigenvalue weighted by molar-refractivity contribution is -0.118. The molecule has 1 amide bonds. The number of benzene rings is 3. The zero-order valence-electron chi connectivity index (χ0n) is 21.2. The van der Waals surface area contributed by atoms with Crippen LogP contribution in [0.25, 0.3) is 11.3 Å². The molecule has 3 aromatic carbocycles. The summed E-state index contributed by atoms with van der Waals surface area (Å²) >= 11 is 1.20. The molecule has 0 saturated carbocycles. The number of nitrogens with zero attached hydrogens (tertiary/aromatic N) is 4. The molecule has 200 valence electrons. The fourth-order valence-corrected chi connectivity index (χ4v) is 5.00. The molecule has 2 N–H and O–H groups in total. The molecule has 0 fully saturated rings. The summed E-state index contributed by atoms with van der Waals surface area (Å²) in [6, 6.07) is 13.8. The predicted octanol–water partition coefficient (Wildman–Crippen LogP) is 5.49. The van der Waals surface area contributed by atoms with Crippen LogP contribution in [0.15, 0.2) is 70.1 Å². The van der Waals surface area contributed by atoms with Gasteiger partial charge in [-0.05, 0) is 56.3 Å². The van der Waals surface area contributed by atoms with Crippen molar-refractivity contribution >= 4 is 40.5 Å². The molecule has 5 rings (SSSR count). The van der Waals surface area contributed by atoms with Crippen molar-refractivity contribution in [3.8, 4) is 22.8 Å². The first-order chi connectivity index (χ1) is 18.9. The number of ether oxygens (including phenoxy) is 1. The smallest absolute Gasteiger partial charge is 0.262 e. The van der Waals surface area contributed by atoms with E-state index in [1.165, 1.54) is 28.3 Å². The van der Waals surface area contributed by atoms with Gasteiger partial charge in [-0.15, -0.1) is 11.3 Å². The van der Waals surface area contributed by atoms with E-state index in [2.05, 4.69) is 20.3 Å². The Balaban J connectivity index is 1.60. The maximum atomic E-state index is 14.4. The van der Waals surface area contributed by atoms with Gasteiger partial charge in [-0.25, -0.2) is 18.4 Å². The molecule has 1 aliphatic heterocycles. The highest BCUT2D eigenvalue weighted by molar-refractivity contribution is 7.07. The predicted molar refractivity (Wildman–Crippen MR) is 148 cm³/mol. The average molecular weight is 550 g/mol. The molecule has 11 heteroatoms. The number of anilines is 2. The van der Waals surface area contributed by atoms with Crippen LogP contribution in [0.3, 0.4) is 0 Å². The molecular weight excluding hydrogens is 524 g/mol. The van der Waals surface area contributed by atoms with Crippen molar-refractivity contribution in [2.75, 3.05) is 29.9 Å². The molecule has 0 atom stereocenters. The van der Waals surface area contributed by atoms with Crippen molar-refractivity contribution in [2.24, 2.45) is 10.1 Å². The first kappa shape index (κ1) is 26.1. The minimum absolute atomic E-state index is 0.0497. The second-order valence-corrected chi connectivity index (χ2v) is 9.47. The van der Waals surface area contributed by atoms with Gasteiger partial charge in [-0.2, -0.15) is 5.10 Å². The Bertz CT molecular complexity index is 1640. The van der Waals surface area contributed by atoms with Crippen molar-refractivity contribution in [3.63, 3.8) is 0 Å². The molecule has 39 heavy (non-hydrogen) atoms. The molecule has 4 aromatic rings. The molecule has 0 radical (unpaired) electrons. The van der Waals surface area contributed by atoms with Gasteiger partial charge in [-0.3, -0.25) is 4.79 Å². The third-order valence-electron chi connectivity index (χ3n) is 6.17. The first-order valence-electron chi connectivity index (χ1n) is 12.3. The largest absolute Gasteiger partial charge is 0.507 e. The molecule has 0 saturated heterocycles. The van der Waals surface area contributed by atoms with Crippen LogP contribution in [0.2, 0.25) is 0 Å². The lowest BCUT2D eigenvalue weighted by atomic mass is 10.1. The molecule has 0 unspecified atom stereocenters. The number of rotatable bonds is 7. The lowest BCUT2D eigenvalue weighted by Gasteiger charge is -2.21. The molecule has 2 heterocycles. The number of aromatic hydroxyl groups is 1. The number of hydrogen-bond donors (Lipinski definition) is 2. The van der Waals surface area contributed by atoms with Gasteiger partial charge in [0.1, 0.15) is 23.0 Å². The van der Waals surface area contributed by atoms with E-state index in [1.54, 1.807) is 29.6 Å². The number of halogens is 2. The molecule has 0 aliphatic carbocycles. The van der Waals surface area contributed by atoms with Crippen molar-refractivity contribution in [1.82, 2.24) is 4.68 Å². The lowest BCUT2D eigenvalue weighted by Crippen LogP contribution is -2.25. The SMILES string of the molecule is CCN(CC)c1ccc(C=Nn2c(-c3ccc4c(c3)NC(=O)CO4)csc2=Nc2ccc(F)cc2F)c(O)c1. The maximum absolute atomic E-state index is 14.4. The number of nitrogens with one attached hydrogen (secondary N) is 1. The Morgan fingerprint density at radius 3 is 2.69 bits per heavy atom. The van der Waals surface area contributed by atoms with E-state index in [4.69, 9.17) is 4.74 Å². The van der Waals surface area contributed by atoms with E-state index in [0.717, 1.165) is 30.9 Å². The summed E-state index contributed by atoms with van der Waals surface area (Å²) in [5.74, 6) is -1.18. The van der Waals surface area contributed by atoms with E-state index in [9.17, 15) is 18.7 Å². The third kappa shape index (κ3) is 5.53. The van der Waals surface area contributed by atoms with Gasteiger partial charge < -0.3 is 20.1 Å². The Kier molecular flexibility index (Phi) is 7.42. The number of fused-ring (bicyclic) bond motifs is 1. The van der Waals surface area contributed by atoms with Crippen LogP contribution in [-0.2, 0) is 4.79 Å². The monoisotopic (exact) mass is 549 g/mol. The number of carbonyl (C=O) groups is 1. The zero-order chi connectivity index (χ0) is 27.5. The highest BCUT2D eigenvalue weighted by Crippen LogP contribution is 2.33. The van der Waals surface area contributed by atoms with Crippen LogP contribution in [0.5, 0.6) is 11.5 Å².